The minimum absolute atomic E-state index is 0.450. The SMILES string of the molecule is c1ccc(Oc2ccnc(NC3C[C@H]4CC[C@@H](C3)N4)n2)cc1. The van der Waals surface area contributed by atoms with E-state index >= 15 is 0 Å². The second kappa shape index (κ2) is 5.93. The lowest BCUT2D eigenvalue weighted by molar-refractivity contribution is 0.376. The fourth-order valence-corrected chi connectivity index (χ4v) is 3.44. The van der Waals surface area contributed by atoms with Crippen LogP contribution in [-0.2, 0) is 0 Å². The Morgan fingerprint density at radius 1 is 1.05 bits per heavy atom. The van der Waals surface area contributed by atoms with E-state index in [4.69, 9.17) is 4.74 Å². The van der Waals surface area contributed by atoms with Crippen LogP contribution in [0.1, 0.15) is 25.7 Å². The zero-order chi connectivity index (χ0) is 14.8. The van der Waals surface area contributed by atoms with E-state index in [0.717, 1.165) is 18.6 Å². The fourth-order valence-electron chi connectivity index (χ4n) is 3.44. The Kier molecular flexibility index (Phi) is 3.64. The molecule has 0 spiro atoms. The number of hydrogen-bond donors (Lipinski definition) is 2. The Morgan fingerprint density at radius 2 is 1.82 bits per heavy atom. The van der Waals surface area contributed by atoms with Gasteiger partial charge in [0.25, 0.3) is 0 Å². The summed E-state index contributed by atoms with van der Waals surface area (Å²) < 4.78 is 5.76. The van der Waals surface area contributed by atoms with E-state index in [9.17, 15) is 0 Å². The summed E-state index contributed by atoms with van der Waals surface area (Å²) in [6.45, 7) is 0. The molecule has 114 valence electrons. The van der Waals surface area contributed by atoms with Crippen LogP contribution < -0.4 is 15.4 Å². The van der Waals surface area contributed by atoms with Gasteiger partial charge >= 0.3 is 0 Å². The first-order valence-electron chi connectivity index (χ1n) is 7.94. The maximum atomic E-state index is 5.76. The third-order valence-electron chi connectivity index (χ3n) is 4.40. The van der Waals surface area contributed by atoms with Crippen LogP contribution in [0.25, 0.3) is 0 Å². The lowest BCUT2D eigenvalue weighted by Gasteiger charge is -2.29. The maximum absolute atomic E-state index is 5.76. The number of nitrogens with zero attached hydrogens (tertiary/aromatic N) is 2. The molecule has 3 atom stereocenters. The first-order valence-corrected chi connectivity index (χ1v) is 7.94. The van der Waals surface area contributed by atoms with Crippen molar-refractivity contribution in [2.45, 2.75) is 43.8 Å². The van der Waals surface area contributed by atoms with Crippen molar-refractivity contribution < 1.29 is 4.74 Å². The summed E-state index contributed by atoms with van der Waals surface area (Å²) in [5.74, 6) is 2.01. The molecule has 0 amide bonds. The highest BCUT2D eigenvalue weighted by atomic mass is 16.5. The molecule has 5 heteroatoms. The van der Waals surface area contributed by atoms with Crippen molar-refractivity contribution in [3.63, 3.8) is 0 Å². The van der Waals surface area contributed by atoms with Gasteiger partial charge in [0.2, 0.25) is 11.8 Å². The summed E-state index contributed by atoms with van der Waals surface area (Å²) in [5, 5.41) is 7.11. The smallest absolute Gasteiger partial charge is 0.226 e. The highest BCUT2D eigenvalue weighted by Gasteiger charge is 2.33. The molecular formula is C17H20N4O. The number of rotatable bonds is 4. The van der Waals surface area contributed by atoms with Crippen molar-refractivity contribution in [1.29, 1.82) is 0 Å². The number of piperidine rings is 1. The van der Waals surface area contributed by atoms with Gasteiger partial charge in [-0.05, 0) is 37.8 Å². The van der Waals surface area contributed by atoms with Gasteiger partial charge in [-0.25, -0.2) is 4.98 Å². The molecule has 4 rings (SSSR count). The number of benzene rings is 1. The molecule has 22 heavy (non-hydrogen) atoms. The molecule has 0 radical (unpaired) electrons. The van der Waals surface area contributed by atoms with Crippen LogP contribution in [0.15, 0.2) is 42.6 Å². The van der Waals surface area contributed by atoms with Crippen LogP contribution in [0.4, 0.5) is 5.95 Å². The van der Waals surface area contributed by atoms with Gasteiger partial charge in [-0.1, -0.05) is 18.2 Å². The molecular weight excluding hydrogens is 276 g/mol. The van der Waals surface area contributed by atoms with Crippen molar-refractivity contribution in [3.05, 3.63) is 42.6 Å². The van der Waals surface area contributed by atoms with Gasteiger partial charge in [-0.2, -0.15) is 4.98 Å². The van der Waals surface area contributed by atoms with Gasteiger partial charge in [-0.3, -0.25) is 0 Å². The normalized spacial score (nSPS) is 26.6. The lowest BCUT2D eigenvalue weighted by atomic mass is 10.0. The molecule has 2 fully saturated rings. The Morgan fingerprint density at radius 3 is 2.59 bits per heavy atom. The quantitative estimate of drug-likeness (QED) is 0.908. The van der Waals surface area contributed by atoms with Crippen molar-refractivity contribution in [2.75, 3.05) is 5.32 Å². The molecule has 2 N–H and O–H groups in total. The molecule has 5 nitrogen and oxygen atoms in total. The molecule has 0 aliphatic carbocycles. The number of fused-ring (bicyclic) bond motifs is 2. The van der Waals surface area contributed by atoms with E-state index in [2.05, 4.69) is 20.6 Å². The molecule has 3 heterocycles. The van der Waals surface area contributed by atoms with Gasteiger partial charge in [0.1, 0.15) is 5.75 Å². The molecule has 2 aliphatic heterocycles. The zero-order valence-electron chi connectivity index (χ0n) is 12.4. The number of anilines is 1. The number of para-hydroxylation sites is 1. The van der Waals surface area contributed by atoms with Gasteiger partial charge in [0.05, 0.1) is 0 Å². The summed E-state index contributed by atoms with van der Waals surface area (Å²) in [5.41, 5.74) is 0. The summed E-state index contributed by atoms with van der Waals surface area (Å²) >= 11 is 0. The molecule has 2 bridgehead atoms. The van der Waals surface area contributed by atoms with E-state index in [-0.39, 0.29) is 0 Å². The van der Waals surface area contributed by atoms with E-state index in [0.29, 0.717) is 30.0 Å². The van der Waals surface area contributed by atoms with Crippen molar-refractivity contribution in [2.24, 2.45) is 0 Å². The van der Waals surface area contributed by atoms with Crippen LogP contribution in [-0.4, -0.2) is 28.1 Å². The van der Waals surface area contributed by atoms with E-state index in [1.807, 2.05) is 30.3 Å². The van der Waals surface area contributed by atoms with E-state index in [1.54, 1.807) is 12.3 Å². The Balaban J connectivity index is 1.43. The predicted octanol–water partition coefficient (Wildman–Crippen LogP) is 2.96. The van der Waals surface area contributed by atoms with E-state index in [1.165, 1.54) is 12.8 Å². The standard InChI is InChI=1S/C17H20N4O/c1-2-4-15(5-3-1)22-16-8-9-18-17(21-16)20-14-10-12-6-7-13(11-14)19-12/h1-5,8-9,12-14,19H,6-7,10-11H2,(H,18,20,21)/t12-,13+,14?. The van der Waals surface area contributed by atoms with Crippen molar-refractivity contribution in [3.8, 4) is 11.6 Å². The fraction of sp³-hybridized carbons (Fsp3) is 0.412. The zero-order valence-corrected chi connectivity index (χ0v) is 12.4. The van der Waals surface area contributed by atoms with Gasteiger partial charge in [0.15, 0.2) is 0 Å². The first-order chi connectivity index (χ1) is 10.8. The summed E-state index contributed by atoms with van der Waals surface area (Å²) in [6, 6.07) is 13.2. The molecule has 2 aliphatic rings. The Labute approximate surface area is 130 Å². The van der Waals surface area contributed by atoms with Crippen molar-refractivity contribution in [1.82, 2.24) is 15.3 Å². The van der Waals surface area contributed by atoms with Crippen LogP contribution in [0.2, 0.25) is 0 Å². The van der Waals surface area contributed by atoms with Crippen LogP contribution >= 0.6 is 0 Å². The second-order valence-electron chi connectivity index (χ2n) is 6.08. The van der Waals surface area contributed by atoms with Gasteiger partial charge in [0, 0.05) is 30.4 Å². The number of nitrogens with one attached hydrogen (secondary N) is 2. The highest BCUT2D eigenvalue weighted by molar-refractivity contribution is 5.32. The topological polar surface area (TPSA) is 59.1 Å². The number of hydrogen-bond acceptors (Lipinski definition) is 5. The van der Waals surface area contributed by atoms with Crippen LogP contribution in [0.3, 0.4) is 0 Å². The predicted molar refractivity (Wildman–Crippen MR) is 85.1 cm³/mol. The third kappa shape index (κ3) is 3.04. The number of aromatic nitrogens is 2. The second-order valence-corrected chi connectivity index (χ2v) is 6.08. The summed E-state index contributed by atoms with van der Waals surface area (Å²) in [7, 11) is 0. The lowest BCUT2D eigenvalue weighted by Crippen LogP contribution is -2.43. The van der Waals surface area contributed by atoms with Gasteiger partial charge in [-0.15, -0.1) is 0 Å². The Bertz CT molecular complexity index is 622. The molecule has 1 aromatic carbocycles. The van der Waals surface area contributed by atoms with E-state index < -0.39 is 0 Å². The Hall–Kier alpha value is -2.14. The summed E-state index contributed by atoms with van der Waals surface area (Å²) in [4.78, 5) is 8.79. The van der Waals surface area contributed by atoms with Crippen molar-refractivity contribution >= 4 is 5.95 Å². The molecule has 2 aromatic rings. The summed E-state index contributed by atoms with van der Waals surface area (Å²) in [6.07, 6.45) is 6.61. The van der Waals surface area contributed by atoms with Crippen LogP contribution in [0.5, 0.6) is 11.6 Å². The minimum atomic E-state index is 0.450. The highest BCUT2D eigenvalue weighted by Crippen LogP contribution is 2.28. The first kappa shape index (κ1) is 13.5. The maximum Gasteiger partial charge on any atom is 0.226 e. The monoisotopic (exact) mass is 296 g/mol. The average Bonchev–Trinajstić information content (AvgIpc) is 2.87. The number of ether oxygens (including phenoxy) is 1. The van der Waals surface area contributed by atoms with Gasteiger partial charge < -0.3 is 15.4 Å². The molecule has 1 aromatic heterocycles. The molecule has 0 saturated carbocycles. The minimum Gasteiger partial charge on any atom is -0.439 e. The molecule has 1 unspecified atom stereocenters. The van der Waals surface area contributed by atoms with Crippen LogP contribution in [0, 0.1) is 0 Å². The third-order valence-corrected chi connectivity index (χ3v) is 4.40. The molecule has 2 saturated heterocycles. The largest absolute Gasteiger partial charge is 0.439 e. The average molecular weight is 296 g/mol.